The summed E-state index contributed by atoms with van der Waals surface area (Å²) in [6, 6.07) is 13.1. The summed E-state index contributed by atoms with van der Waals surface area (Å²) in [5.41, 5.74) is 3.49. The van der Waals surface area contributed by atoms with Crippen LogP contribution < -0.4 is 10.0 Å². The van der Waals surface area contributed by atoms with Crippen LogP contribution in [0.25, 0.3) is 33.3 Å². The molecule has 0 amide bonds. The van der Waals surface area contributed by atoms with E-state index in [4.69, 9.17) is 39.8 Å². The van der Waals surface area contributed by atoms with Gasteiger partial charge in [0.15, 0.2) is 6.20 Å². The second-order valence-corrected chi connectivity index (χ2v) is 9.31. The van der Waals surface area contributed by atoms with Gasteiger partial charge in [0.2, 0.25) is 0 Å². The van der Waals surface area contributed by atoms with E-state index in [9.17, 15) is 9.60 Å². The van der Waals surface area contributed by atoms with Crippen molar-refractivity contribution < 1.29 is 9.12 Å². The van der Waals surface area contributed by atoms with Gasteiger partial charge in [0.25, 0.3) is 5.69 Å². The predicted octanol–water partition coefficient (Wildman–Crippen LogP) is 6.77. The highest BCUT2D eigenvalue weighted by Crippen LogP contribution is 2.41. The van der Waals surface area contributed by atoms with Crippen molar-refractivity contribution in [1.29, 1.82) is 0 Å². The lowest BCUT2D eigenvalue weighted by Crippen LogP contribution is -2.30. The maximum Gasteiger partial charge on any atom is 0.253 e. The number of rotatable bonds is 3. The molecule has 0 aliphatic carbocycles. The normalized spacial score (nSPS) is 14.7. The summed E-state index contributed by atoms with van der Waals surface area (Å²) in [4.78, 5) is 4.97. The fraction of sp³-hybridized carbons (Fsp3) is 0.200. The van der Waals surface area contributed by atoms with Gasteiger partial charge >= 0.3 is 0 Å². The van der Waals surface area contributed by atoms with Gasteiger partial charge in [-0.1, -0.05) is 40.9 Å². The number of nitrogens with one attached hydrogen (secondary N) is 1. The number of hydrogen-bond acceptors (Lipinski definition) is 3. The van der Waals surface area contributed by atoms with Gasteiger partial charge in [-0.2, -0.15) is 4.73 Å². The molecule has 0 unspecified atom stereocenters. The van der Waals surface area contributed by atoms with Gasteiger partial charge in [0, 0.05) is 28.6 Å². The first-order valence-electron chi connectivity index (χ1n) is 10.6. The molecule has 0 radical (unpaired) electrons. The number of hydrogen-bond donors (Lipinski definition) is 1. The van der Waals surface area contributed by atoms with Crippen LogP contribution in [0.2, 0.25) is 15.1 Å². The van der Waals surface area contributed by atoms with Gasteiger partial charge in [-0.25, -0.2) is 9.37 Å². The fourth-order valence-corrected chi connectivity index (χ4v) is 5.30. The highest BCUT2D eigenvalue weighted by atomic mass is 35.5. The van der Waals surface area contributed by atoms with Crippen molar-refractivity contribution in [2.24, 2.45) is 0 Å². The predicted molar refractivity (Wildman–Crippen MR) is 131 cm³/mol. The van der Waals surface area contributed by atoms with E-state index < -0.39 is 5.82 Å². The monoisotopic (exact) mass is 501 g/mol. The summed E-state index contributed by atoms with van der Waals surface area (Å²) in [6.45, 7) is 1.77. The third-order valence-corrected chi connectivity index (χ3v) is 7.02. The molecular formula is C25H19Cl3FN3O. The molecule has 2 aromatic carbocycles. The lowest BCUT2D eigenvalue weighted by molar-refractivity contribution is -0.592. The van der Waals surface area contributed by atoms with Crippen molar-refractivity contribution >= 4 is 45.7 Å². The van der Waals surface area contributed by atoms with E-state index in [2.05, 4.69) is 5.32 Å². The second kappa shape index (κ2) is 9.07. The molecule has 4 nitrogen and oxygen atoms in total. The third-order valence-electron chi connectivity index (χ3n) is 6.08. The molecule has 0 bridgehead atoms. The first kappa shape index (κ1) is 22.4. The van der Waals surface area contributed by atoms with Crippen molar-refractivity contribution in [3.63, 3.8) is 0 Å². The molecule has 4 aromatic rings. The molecular weight excluding hydrogens is 484 g/mol. The Kier molecular flexibility index (Phi) is 6.14. The maximum absolute atomic E-state index is 13.8. The van der Waals surface area contributed by atoms with Crippen LogP contribution in [0, 0.1) is 11.0 Å². The number of aromatic nitrogens is 2. The molecule has 0 atom stereocenters. The van der Waals surface area contributed by atoms with Crippen LogP contribution in [0.5, 0.6) is 0 Å². The van der Waals surface area contributed by atoms with E-state index in [1.54, 1.807) is 30.3 Å². The van der Waals surface area contributed by atoms with Gasteiger partial charge in [0.1, 0.15) is 11.3 Å². The molecule has 1 fully saturated rings. The minimum absolute atomic E-state index is 0.212. The van der Waals surface area contributed by atoms with Crippen molar-refractivity contribution in [3.8, 4) is 22.4 Å². The summed E-state index contributed by atoms with van der Waals surface area (Å²) >= 11 is 19.4. The summed E-state index contributed by atoms with van der Waals surface area (Å²) < 4.78 is 14.5. The standard InChI is InChI=1S/C25H19Cl3FN3O/c26-19-2-1-3-20(27)23(19)25-24-17(8-11-32(25)33)18(16-5-4-15(29)12-21(16)28)13-22(31-24)14-6-9-30-10-7-14/h1-5,8,11-14,30H,6-7,9-10H2. The van der Waals surface area contributed by atoms with Crippen LogP contribution in [0.15, 0.2) is 54.7 Å². The van der Waals surface area contributed by atoms with Gasteiger partial charge in [-0.3, -0.25) is 0 Å². The Morgan fingerprint density at radius 3 is 2.36 bits per heavy atom. The summed E-state index contributed by atoms with van der Waals surface area (Å²) in [7, 11) is 0. The van der Waals surface area contributed by atoms with Gasteiger partial charge < -0.3 is 10.5 Å². The topological polar surface area (TPSA) is 51.9 Å². The van der Waals surface area contributed by atoms with Crippen LogP contribution in [0.4, 0.5) is 4.39 Å². The summed E-state index contributed by atoms with van der Waals surface area (Å²) in [5.74, 6) is -0.204. The van der Waals surface area contributed by atoms with Crippen LogP contribution in [0.1, 0.15) is 24.5 Å². The maximum atomic E-state index is 13.8. The van der Waals surface area contributed by atoms with Crippen molar-refractivity contribution in [3.05, 3.63) is 86.5 Å². The average Bonchev–Trinajstić information content (AvgIpc) is 2.80. The Morgan fingerprint density at radius 1 is 0.939 bits per heavy atom. The fourth-order valence-electron chi connectivity index (χ4n) is 4.46. The Balaban J connectivity index is 1.87. The minimum atomic E-state index is -0.415. The zero-order valence-corrected chi connectivity index (χ0v) is 19.7. The Hall–Kier alpha value is -2.44. The van der Waals surface area contributed by atoms with E-state index in [1.165, 1.54) is 18.3 Å². The molecule has 1 aliphatic rings. The van der Waals surface area contributed by atoms with Gasteiger partial charge in [-0.05, 0) is 67.9 Å². The molecule has 168 valence electrons. The molecule has 0 saturated carbocycles. The SMILES string of the molecule is [O-][n+]1ccc2c(-c3ccc(F)cc3Cl)cc(C3CCNCC3)nc2c1-c1c(Cl)cccc1Cl. The molecule has 2 aromatic heterocycles. The summed E-state index contributed by atoms with van der Waals surface area (Å²) in [6.07, 6.45) is 3.24. The lowest BCUT2D eigenvalue weighted by atomic mass is 9.90. The van der Waals surface area contributed by atoms with E-state index in [0.29, 0.717) is 32.1 Å². The van der Waals surface area contributed by atoms with Crippen molar-refractivity contribution in [2.75, 3.05) is 13.1 Å². The number of benzene rings is 2. The van der Waals surface area contributed by atoms with E-state index >= 15 is 0 Å². The molecule has 1 aliphatic heterocycles. The Bertz CT molecular complexity index is 1350. The number of piperidine rings is 1. The minimum Gasteiger partial charge on any atom is -0.618 e. The smallest absolute Gasteiger partial charge is 0.253 e. The van der Waals surface area contributed by atoms with Crippen LogP contribution in [0.3, 0.4) is 0 Å². The number of pyridine rings is 2. The number of fused-ring (bicyclic) bond motifs is 1. The van der Waals surface area contributed by atoms with E-state index in [-0.39, 0.29) is 16.6 Å². The number of halogens is 4. The van der Waals surface area contributed by atoms with E-state index in [1.807, 2.05) is 6.07 Å². The third kappa shape index (κ3) is 4.15. The average molecular weight is 503 g/mol. The van der Waals surface area contributed by atoms with Gasteiger partial charge in [0.05, 0.1) is 20.6 Å². The molecule has 0 spiro atoms. The van der Waals surface area contributed by atoms with E-state index in [0.717, 1.165) is 41.9 Å². The molecule has 1 saturated heterocycles. The van der Waals surface area contributed by atoms with Crippen LogP contribution in [-0.4, -0.2) is 18.1 Å². The van der Waals surface area contributed by atoms with Crippen molar-refractivity contribution in [2.45, 2.75) is 18.8 Å². The highest BCUT2D eigenvalue weighted by Gasteiger charge is 2.26. The van der Waals surface area contributed by atoms with Crippen molar-refractivity contribution in [1.82, 2.24) is 10.3 Å². The quantitative estimate of drug-likeness (QED) is 0.248. The molecule has 33 heavy (non-hydrogen) atoms. The number of nitrogens with zero attached hydrogens (tertiary/aromatic N) is 2. The summed E-state index contributed by atoms with van der Waals surface area (Å²) in [5, 5.41) is 18.1. The second-order valence-electron chi connectivity index (χ2n) is 8.09. The van der Waals surface area contributed by atoms with Crippen LogP contribution >= 0.6 is 34.8 Å². The molecule has 5 rings (SSSR count). The highest BCUT2D eigenvalue weighted by molar-refractivity contribution is 6.39. The molecule has 3 heterocycles. The lowest BCUT2D eigenvalue weighted by Gasteiger charge is -2.23. The molecule has 1 N–H and O–H groups in total. The van der Waals surface area contributed by atoms with Gasteiger partial charge in [-0.15, -0.1) is 0 Å². The Labute approximate surface area is 205 Å². The largest absolute Gasteiger partial charge is 0.618 e. The first-order chi connectivity index (χ1) is 15.9. The zero-order valence-electron chi connectivity index (χ0n) is 17.4. The molecule has 8 heteroatoms. The Morgan fingerprint density at radius 2 is 1.67 bits per heavy atom. The first-order valence-corrected chi connectivity index (χ1v) is 11.7. The zero-order chi connectivity index (χ0) is 23.1. The van der Waals surface area contributed by atoms with Crippen LogP contribution in [-0.2, 0) is 0 Å².